The molecule has 2 atom stereocenters. The Morgan fingerprint density at radius 3 is 2.62 bits per heavy atom. The van der Waals surface area contributed by atoms with Crippen LogP contribution >= 0.6 is 0 Å². The maximum absolute atomic E-state index is 5.52. The van der Waals surface area contributed by atoms with Crippen LogP contribution in [0.15, 0.2) is 0 Å². The van der Waals surface area contributed by atoms with Gasteiger partial charge in [-0.15, -0.1) is 0 Å². The van der Waals surface area contributed by atoms with Crippen molar-refractivity contribution in [3.05, 3.63) is 17.0 Å². The lowest BCUT2D eigenvalue weighted by Crippen LogP contribution is -2.22. The number of aromatic nitrogens is 2. The number of aryl methyl sites for hydroxylation is 1. The van der Waals surface area contributed by atoms with Crippen molar-refractivity contribution in [3.8, 4) is 0 Å². The summed E-state index contributed by atoms with van der Waals surface area (Å²) in [6, 6.07) is 0.438. The Morgan fingerprint density at radius 1 is 1.29 bits per heavy atom. The highest BCUT2D eigenvalue weighted by Crippen LogP contribution is 2.27. The van der Waals surface area contributed by atoms with Crippen LogP contribution in [-0.4, -0.2) is 29.5 Å². The minimum Gasteiger partial charge on any atom is -0.381 e. The molecular formula is C17H31N3O. The van der Waals surface area contributed by atoms with E-state index in [0.717, 1.165) is 45.6 Å². The quantitative estimate of drug-likeness (QED) is 0.800. The van der Waals surface area contributed by atoms with Gasteiger partial charge in [-0.2, -0.15) is 5.10 Å². The number of nitrogens with one attached hydrogen (secondary N) is 1. The second-order valence-corrected chi connectivity index (χ2v) is 5.94. The molecule has 1 aromatic heterocycles. The molecule has 1 aromatic rings. The fourth-order valence-corrected chi connectivity index (χ4v) is 3.42. The van der Waals surface area contributed by atoms with Gasteiger partial charge in [-0.05, 0) is 32.2 Å². The van der Waals surface area contributed by atoms with Gasteiger partial charge in [0, 0.05) is 36.4 Å². The Labute approximate surface area is 129 Å². The summed E-state index contributed by atoms with van der Waals surface area (Å²) in [6.07, 6.45) is 4.35. The lowest BCUT2D eigenvalue weighted by atomic mass is 9.99. The fourth-order valence-electron chi connectivity index (χ4n) is 3.42. The van der Waals surface area contributed by atoms with Crippen LogP contribution in [0.5, 0.6) is 0 Å². The van der Waals surface area contributed by atoms with Crippen LogP contribution < -0.4 is 5.32 Å². The molecule has 0 amide bonds. The molecule has 21 heavy (non-hydrogen) atoms. The first kappa shape index (κ1) is 16.5. The number of nitrogens with zero attached hydrogens (tertiary/aromatic N) is 2. The monoisotopic (exact) mass is 293 g/mol. The van der Waals surface area contributed by atoms with Crippen LogP contribution in [0.2, 0.25) is 0 Å². The third-order valence-electron chi connectivity index (χ3n) is 4.51. The van der Waals surface area contributed by atoms with Crippen molar-refractivity contribution in [3.63, 3.8) is 0 Å². The van der Waals surface area contributed by atoms with Gasteiger partial charge >= 0.3 is 0 Å². The smallest absolute Gasteiger partial charge is 0.0672 e. The highest BCUT2D eigenvalue weighted by atomic mass is 16.5. The van der Waals surface area contributed by atoms with Crippen molar-refractivity contribution in [2.75, 3.05) is 19.8 Å². The van der Waals surface area contributed by atoms with Crippen LogP contribution in [0.4, 0.5) is 0 Å². The first-order valence-electron chi connectivity index (χ1n) is 8.64. The molecular weight excluding hydrogens is 262 g/mol. The third kappa shape index (κ3) is 3.67. The molecule has 0 radical (unpaired) electrons. The standard InChI is InChI=1S/C17H31N3O/c1-5-14(18-8-4)17-15(6-2)19-20(16(17)7-3)11-13-9-10-21-12-13/h13-14,18H,5-12H2,1-4H3. The molecule has 1 fully saturated rings. The Balaban J connectivity index is 2.30. The summed E-state index contributed by atoms with van der Waals surface area (Å²) in [7, 11) is 0. The molecule has 120 valence electrons. The summed E-state index contributed by atoms with van der Waals surface area (Å²) < 4.78 is 7.79. The predicted octanol–water partition coefficient (Wildman–Crippen LogP) is 3.11. The lowest BCUT2D eigenvalue weighted by molar-refractivity contribution is 0.181. The average Bonchev–Trinajstić information content (AvgIpc) is 3.12. The lowest BCUT2D eigenvalue weighted by Gasteiger charge is -2.18. The number of hydrogen-bond acceptors (Lipinski definition) is 3. The van der Waals surface area contributed by atoms with Gasteiger partial charge in [-0.3, -0.25) is 4.68 Å². The number of ether oxygens (including phenoxy) is 1. The minimum absolute atomic E-state index is 0.438. The molecule has 1 N–H and O–H groups in total. The van der Waals surface area contributed by atoms with Crippen LogP contribution in [0, 0.1) is 5.92 Å². The summed E-state index contributed by atoms with van der Waals surface area (Å²) in [6.45, 7) is 12.7. The topological polar surface area (TPSA) is 39.1 Å². The van der Waals surface area contributed by atoms with Crippen LogP contribution in [0.3, 0.4) is 0 Å². The van der Waals surface area contributed by atoms with Crippen molar-refractivity contribution in [1.82, 2.24) is 15.1 Å². The molecule has 4 heteroatoms. The molecule has 2 heterocycles. The van der Waals surface area contributed by atoms with Gasteiger partial charge in [0.1, 0.15) is 0 Å². The molecule has 4 nitrogen and oxygen atoms in total. The summed E-state index contributed by atoms with van der Waals surface area (Å²) >= 11 is 0. The van der Waals surface area contributed by atoms with Gasteiger partial charge in [0.15, 0.2) is 0 Å². The maximum atomic E-state index is 5.52. The van der Waals surface area contributed by atoms with Gasteiger partial charge in [0.25, 0.3) is 0 Å². The maximum Gasteiger partial charge on any atom is 0.0672 e. The van der Waals surface area contributed by atoms with E-state index < -0.39 is 0 Å². The van der Waals surface area contributed by atoms with Gasteiger partial charge in [0.05, 0.1) is 12.3 Å². The Kier molecular flexibility index (Phi) is 6.24. The molecule has 1 aliphatic heterocycles. The largest absolute Gasteiger partial charge is 0.381 e. The molecule has 0 aliphatic carbocycles. The van der Waals surface area contributed by atoms with Gasteiger partial charge in [-0.1, -0.05) is 27.7 Å². The number of rotatable bonds is 8. The minimum atomic E-state index is 0.438. The van der Waals surface area contributed by atoms with E-state index in [1.165, 1.54) is 23.4 Å². The van der Waals surface area contributed by atoms with E-state index in [4.69, 9.17) is 9.84 Å². The molecule has 0 spiro atoms. The zero-order valence-electron chi connectivity index (χ0n) is 14.1. The number of hydrogen-bond donors (Lipinski definition) is 1. The summed E-state index contributed by atoms with van der Waals surface area (Å²) in [4.78, 5) is 0. The zero-order chi connectivity index (χ0) is 15.2. The van der Waals surface area contributed by atoms with E-state index in [-0.39, 0.29) is 0 Å². The molecule has 0 aromatic carbocycles. The molecule has 2 rings (SSSR count). The van der Waals surface area contributed by atoms with Crippen molar-refractivity contribution in [2.45, 2.75) is 66.0 Å². The normalized spacial score (nSPS) is 20.1. The second kappa shape index (κ2) is 7.95. The molecule has 0 saturated carbocycles. The predicted molar refractivity (Wildman–Crippen MR) is 86.6 cm³/mol. The Hall–Kier alpha value is -0.870. The van der Waals surface area contributed by atoms with E-state index in [2.05, 4.69) is 37.7 Å². The van der Waals surface area contributed by atoms with E-state index in [1.807, 2.05) is 0 Å². The highest BCUT2D eigenvalue weighted by molar-refractivity contribution is 5.30. The van der Waals surface area contributed by atoms with Gasteiger partial charge in [0.2, 0.25) is 0 Å². The van der Waals surface area contributed by atoms with Crippen LogP contribution in [0.25, 0.3) is 0 Å². The fraction of sp³-hybridized carbons (Fsp3) is 0.824. The highest BCUT2D eigenvalue weighted by Gasteiger charge is 2.24. The summed E-state index contributed by atoms with van der Waals surface area (Å²) in [5.74, 6) is 0.631. The van der Waals surface area contributed by atoms with E-state index in [0.29, 0.717) is 12.0 Å². The van der Waals surface area contributed by atoms with Crippen molar-refractivity contribution in [2.24, 2.45) is 5.92 Å². The SMILES string of the molecule is CCNC(CC)c1c(CC)nn(CC2CCOC2)c1CC. The van der Waals surface area contributed by atoms with Crippen molar-refractivity contribution >= 4 is 0 Å². The second-order valence-electron chi connectivity index (χ2n) is 5.94. The van der Waals surface area contributed by atoms with Crippen LogP contribution in [0.1, 0.15) is 63.5 Å². The van der Waals surface area contributed by atoms with Gasteiger partial charge < -0.3 is 10.1 Å². The summed E-state index contributed by atoms with van der Waals surface area (Å²) in [5, 5.41) is 8.56. The first-order valence-corrected chi connectivity index (χ1v) is 8.64. The first-order chi connectivity index (χ1) is 10.2. The summed E-state index contributed by atoms with van der Waals surface area (Å²) in [5.41, 5.74) is 4.16. The molecule has 1 aliphatic rings. The average molecular weight is 293 g/mol. The van der Waals surface area contributed by atoms with E-state index in [9.17, 15) is 0 Å². The third-order valence-corrected chi connectivity index (χ3v) is 4.51. The van der Waals surface area contributed by atoms with Crippen LogP contribution in [-0.2, 0) is 24.1 Å². The van der Waals surface area contributed by atoms with Gasteiger partial charge in [-0.25, -0.2) is 0 Å². The van der Waals surface area contributed by atoms with Crippen molar-refractivity contribution in [1.29, 1.82) is 0 Å². The van der Waals surface area contributed by atoms with E-state index in [1.54, 1.807) is 0 Å². The molecule has 1 saturated heterocycles. The zero-order valence-corrected chi connectivity index (χ0v) is 14.1. The van der Waals surface area contributed by atoms with E-state index >= 15 is 0 Å². The molecule has 0 bridgehead atoms. The van der Waals surface area contributed by atoms with Crippen molar-refractivity contribution < 1.29 is 4.74 Å². The molecule has 2 unspecified atom stereocenters. The Bertz CT molecular complexity index is 435. The Morgan fingerprint density at radius 2 is 2.10 bits per heavy atom.